The second kappa shape index (κ2) is 5.49. The lowest BCUT2D eigenvalue weighted by molar-refractivity contribution is 0.184. The number of rotatable bonds is 5. The molecule has 14 heavy (non-hydrogen) atoms. The summed E-state index contributed by atoms with van der Waals surface area (Å²) in [5, 5.41) is 3.41. The van der Waals surface area contributed by atoms with Gasteiger partial charge in [-0.15, -0.1) is 11.3 Å². The number of hydrogen-bond acceptors (Lipinski definition) is 3. The first kappa shape index (κ1) is 11.7. The Kier molecular flexibility index (Phi) is 4.58. The van der Waals surface area contributed by atoms with Gasteiger partial charge in [0.15, 0.2) is 0 Å². The van der Waals surface area contributed by atoms with E-state index in [1.807, 2.05) is 11.3 Å². The summed E-state index contributed by atoms with van der Waals surface area (Å²) in [7, 11) is 1.74. The Morgan fingerprint density at radius 1 is 1.50 bits per heavy atom. The van der Waals surface area contributed by atoms with Crippen molar-refractivity contribution in [2.45, 2.75) is 40.0 Å². The van der Waals surface area contributed by atoms with Gasteiger partial charge in [0.25, 0.3) is 0 Å². The van der Waals surface area contributed by atoms with Crippen molar-refractivity contribution in [2.24, 2.45) is 0 Å². The summed E-state index contributed by atoms with van der Waals surface area (Å²) < 4.78 is 5.13. The van der Waals surface area contributed by atoms with Gasteiger partial charge in [0.1, 0.15) is 0 Å². The smallest absolute Gasteiger partial charge is 0.0723 e. The van der Waals surface area contributed by atoms with Crippen LogP contribution in [0.1, 0.15) is 29.2 Å². The van der Waals surface area contributed by atoms with Gasteiger partial charge in [-0.1, -0.05) is 13.8 Å². The van der Waals surface area contributed by atoms with Gasteiger partial charge in [-0.3, -0.25) is 0 Å². The molecular weight excluding hydrogens is 194 g/mol. The molecule has 0 aliphatic heterocycles. The minimum Gasteiger partial charge on any atom is -0.380 e. The fourth-order valence-electron chi connectivity index (χ4n) is 1.28. The third-order valence-electron chi connectivity index (χ3n) is 2.06. The van der Waals surface area contributed by atoms with Crippen molar-refractivity contribution in [1.82, 2.24) is 5.32 Å². The second-order valence-corrected chi connectivity index (χ2v) is 5.10. The Balaban J connectivity index is 2.56. The lowest BCUT2D eigenvalue weighted by Crippen LogP contribution is -2.21. The van der Waals surface area contributed by atoms with Crippen molar-refractivity contribution in [3.8, 4) is 0 Å². The predicted molar refractivity (Wildman–Crippen MR) is 61.7 cm³/mol. The van der Waals surface area contributed by atoms with Crippen LogP contribution in [0.3, 0.4) is 0 Å². The number of thiophene rings is 1. The van der Waals surface area contributed by atoms with E-state index >= 15 is 0 Å². The van der Waals surface area contributed by atoms with Crippen molar-refractivity contribution < 1.29 is 4.74 Å². The molecule has 0 fully saturated rings. The molecule has 0 radical (unpaired) electrons. The van der Waals surface area contributed by atoms with E-state index in [9.17, 15) is 0 Å². The zero-order chi connectivity index (χ0) is 10.6. The maximum Gasteiger partial charge on any atom is 0.0723 e. The summed E-state index contributed by atoms with van der Waals surface area (Å²) in [6.45, 7) is 8.17. The van der Waals surface area contributed by atoms with Crippen molar-refractivity contribution in [3.05, 3.63) is 21.4 Å². The lowest BCUT2D eigenvalue weighted by Gasteiger charge is -2.05. The number of hydrogen-bond donors (Lipinski definition) is 1. The standard InChI is InChI=1S/C11H19NOS/c1-8(2)12-6-11-5-10(7-13-4)9(3)14-11/h5,8,12H,6-7H2,1-4H3. The first-order chi connectivity index (χ1) is 6.63. The number of methoxy groups -OCH3 is 1. The number of nitrogens with one attached hydrogen (secondary N) is 1. The van der Waals surface area contributed by atoms with Crippen LogP contribution in [0.15, 0.2) is 6.07 Å². The van der Waals surface area contributed by atoms with Gasteiger partial charge in [-0.25, -0.2) is 0 Å². The number of ether oxygens (including phenoxy) is 1. The van der Waals surface area contributed by atoms with E-state index in [0.29, 0.717) is 6.04 Å². The molecule has 1 aromatic heterocycles. The van der Waals surface area contributed by atoms with E-state index in [1.54, 1.807) is 7.11 Å². The normalized spacial score (nSPS) is 11.2. The summed E-state index contributed by atoms with van der Waals surface area (Å²) in [6, 6.07) is 2.78. The van der Waals surface area contributed by atoms with Crippen LogP contribution in [0, 0.1) is 6.92 Å². The highest BCUT2D eigenvalue weighted by Crippen LogP contribution is 2.22. The minimum atomic E-state index is 0.545. The Labute approximate surface area is 90.3 Å². The van der Waals surface area contributed by atoms with Crippen molar-refractivity contribution >= 4 is 11.3 Å². The van der Waals surface area contributed by atoms with Gasteiger partial charge in [0.05, 0.1) is 6.61 Å². The van der Waals surface area contributed by atoms with E-state index < -0.39 is 0 Å². The third kappa shape index (κ3) is 3.40. The van der Waals surface area contributed by atoms with Crippen molar-refractivity contribution in [3.63, 3.8) is 0 Å². The molecule has 0 amide bonds. The van der Waals surface area contributed by atoms with Crippen LogP contribution in [0.5, 0.6) is 0 Å². The second-order valence-electron chi connectivity index (χ2n) is 3.76. The van der Waals surface area contributed by atoms with Crippen LogP contribution in [-0.4, -0.2) is 13.2 Å². The van der Waals surface area contributed by atoms with Gasteiger partial charge in [-0.05, 0) is 18.6 Å². The summed E-state index contributed by atoms with van der Waals surface area (Å²) in [5.41, 5.74) is 1.32. The molecule has 1 N–H and O–H groups in total. The first-order valence-corrected chi connectivity index (χ1v) is 5.75. The van der Waals surface area contributed by atoms with Crippen LogP contribution in [0.4, 0.5) is 0 Å². The molecule has 0 aromatic carbocycles. The van der Waals surface area contributed by atoms with Crippen LogP contribution >= 0.6 is 11.3 Å². The fraction of sp³-hybridized carbons (Fsp3) is 0.636. The van der Waals surface area contributed by atoms with Crippen LogP contribution < -0.4 is 5.32 Å². The summed E-state index contributed by atoms with van der Waals surface area (Å²) in [6.07, 6.45) is 0. The zero-order valence-corrected chi connectivity index (χ0v) is 10.2. The van der Waals surface area contributed by atoms with E-state index in [0.717, 1.165) is 13.2 Å². The topological polar surface area (TPSA) is 21.3 Å². The zero-order valence-electron chi connectivity index (χ0n) is 9.39. The number of aryl methyl sites for hydroxylation is 1. The van der Waals surface area contributed by atoms with E-state index in [1.165, 1.54) is 15.3 Å². The van der Waals surface area contributed by atoms with Crippen LogP contribution in [0.25, 0.3) is 0 Å². The molecule has 0 spiro atoms. The maximum atomic E-state index is 5.13. The third-order valence-corrected chi connectivity index (χ3v) is 3.15. The molecule has 0 bridgehead atoms. The van der Waals surface area contributed by atoms with Crippen molar-refractivity contribution in [1.29, 1.82) is 0 Å². The summed E-state index contributed by atoms with van der Waals surface area (Å²) in [5.74, 6) is 0. The Morgan fingerprint density at radius 2 is 2.21 bits per heavy atom. The molecule has 0 atom stereocenters. The van der Waals surface area contributed by atoms with Gasteiger partial charge < -0.3 is 10.1 Å². The SMILES string of the molecule is COCc1cc(CNC(C)C)sc1C. The van der Waals surface area contributed by atoms with E-state index in [2.05, 4.69) is 32.2 Å². The molecule has 0 saturated heterocycles. The highest BCUT2D eigenvalue weighted by Gasteiger charge is 2.05. The average molecular weight is 213 g/mol. The lowest BCUT2D eigenvalue weighted by atomic mass is 10.2. The molecule has 0 saturated carbocycles. The fourth-order valence-corrected chi connectivity index (χ4v) is 2.28. The highest BCUT2D eigenvalue weighted by atomic mass is 32.1. The predicted octanol–water partition coefficient (Wildman–Crippen LogP) is 2.70. The molecule has 0 aliphatic rings. The molecule has 1 aromatic rings. The maximum absolute atomic E-state index is 5.13. The quantitative estimate of drug-likeness (QED) is 0.812. The van der Waals surface area contributed by atoms with Gasteiger partial charge in [-0.2, -0.15) is 0 Å². The van der Waals surface area contributed by atoms with E-state index in [4.69, 9.17) is 4.74 Å². The molecule has 0 unspecified atom stereocenters. The average Bonchev–Trinajstić information content (AvgIpc) is 2.45. The van der Waals surface area contributed by atoms with Crippen molar-refractivity contribution in [2.75, 3.05) is 7.11 Å². The van der Waals surface area contributed by atoms with E-state index in [-0.39, 0.29) is 0 Å². The molecule has 2 nitrogen and oxygen atoms in total. The van der Waals surface area contributed by atoms with Crippen LogP contribution in [0.2, 0.25) is 0 Å². The highest BCUT2D eigenvalue weighted by molar-refractivity contribution is 7.12. The Bertz CT molecular complexity index is 281. The molecular formula is C11H19NOS. The van der Waals surface area contributed by atoms with Gasteiger partial charge in [0.2, 0.25) is 0 Å². The molecule has 80 valence electrons. The van der Waals surface area contributed by atoms with Gasteiger partial charge in [0, 0.05) is 29.5 Å². The van der Waals surface area contributed by atoms with Crippen LogP contribution in [-0.2, 0) is 17.9 Å². The molecule has 1 heterocycles. The summed E-state index contributed by atoms with van der Waals surface area (Å²) >= 11 is 1.85. The Hall–Kier alpha value is -0.380. The Morgan fingerprint density at radius 3 is 2.79 bits per heavy atom. The molecule has 3 heteroatoms. The monoisotopic (exact) mass is 213 g/mol. The van der Waals surface area contributed by atoms with Gasteiger partial charge >= 0.3 is 0 Å². The largest absolute Gasteiger partial charge is 0.380 e. The molecule has 1 rings (SSSR count). The first-order valence-electron chi connectivity index (χ1n) is 4.94. The minimum absolute atomic E-state index is 0.545. The summed E-state index contributed by atoms with van der Waals surface area (Å²) in [4.78, 5) is 2.76. The molecule has 0 aliphatic carbocycles.